The van der Waals surface area contributed by atoms with Gasteiger partial charge in [0.05, 0.1) is 5.69 Å². The molecule has 0 radical (unpaired) electrons. The minimum atomic E-state index is -0.0215. The average Bonchev–Trinajstić information content (AvgIpc) is 3.05. The lowest BCUT2D eigenvalue weighted by molar-refractivity contribution is 0.0900. The first-order chi connectivity index (χ1) is 12.6. The van der Waals surface area contributed by atoms with E-state index in [-0.39, 0.29) is 6.10 Å². The van der Waals surface area contributed by atoms with Gasteiger partial charge in [0.2, 0.25) is 0 Å². The fourth-order valence-corrected chi connectivity index (χ4v) is 3.65. The first-order valence-electron chi connectivity index (χ1n) is 9.07. The molecule has 1 atom stereocenters. The van der Waals surface area contributed by atoms with Gasteiger partial charge < -0.3 is 14.5 Å². The summed E-state index contributed by atoms with van der Waals surface area (Å²) >= 11 is 0. The average molecular weight is 348 g/mol. The minimum Gasteiger partial charge on any atom is -0.486 e. The van der Waals surface area contributed by atoms with Gasteiger partial charge in [-0.2, -0.15) is 0 Å². The lowest BCUT2D eigenvalue weighted by Crippen LogP contribution is -2.31. The highest BCUT2D eigenvalue weighted by molar-refractivity contribution is 5.41. The topological polar surface area (TPSA) is 47.1 Å². The van der Waals surface area contributed by atoms with Crippen LogP contribution in [0.3, 0.4) is 0 Å². The van der Waals surface area contributed by atoms with Crippen molar-refractivity contribution < 1.29 is 9.47 Å². The molecule has 0 spiro atoms. The Morgan fingerprint density at radius 1 is 1.08 bits per heavy atom. The van der Waals surface area contributed by atoms with Crippen molar-refractivity contribution >= 4 is 0 Å². The number of benzene rings is 2. The van der Waals surface area contributed by atoms with Crippen molar-refractivity contribution in [1.82, 2.24) is 9.97 Å². The number of aromatic amines is 1. The zero-order valence-electron chi connectivity index (χ0n) is 15.5. The highest BCUT2D eigenvalue weighted by atomic mass is 16.6. The second-order valence-corrected chi connectivity index (χ2v) is 7.09. The van der Waals surface area contributed by atoms with Crippen LogP contribution in [-0.2, 0) is 12.8 Å². The molecule has 1 unspecified atom stereocenters. The molecule has 0 fully saturated rings. The third-order valence-electron chi connectivity index (χ3n) is 4.87. The molecule has 1 N–H and O–H groups in total. The van der Waals surface area contributed by atoms with Crippen molar-refractivity contribution in [3.8, 4) is 11.5 Å². The molecule has 0 bridgehead atoms. The van der Waals surface area contributed by atoms with Gasteiger partial charge in [0.1, 0.15) is 18.5 Å². The van der Waals surface area contributed by atoms with Gasteiger partial charge in [0, 0.05) is 19.0 Å². The Labute approximate surface area is 154 Å². The smallest absolute Gasteiger partial charge is 0.161 e. The molecule has 26 heavy (non-hydrogen) atoms. The summed E-state index contributed by atoms with van der Waals surface area (Å²) in [5.74, 6) is 2.56. The SMILES string of the molecule is Cc1cc(C)c(Cc2c[nH]c(CC3COc4ccccc4O3)n2)c(C)c1. The van der Waals surface area contributed by atoms with Gasteiger partial charge in [-0.3, -0.25) is 0 Å². The number of imidazole rings is 1. The Bertz CT molecular complexity index is 906. The van der Waals surface area contributed by atoms with Gasteiger partial charge in [0.15, 0.2) is 11.5 Å². The predicted molar refractivity (Wildman–Crippen MR) is 102 cm³/mol. The fraction of sp³-hybridized carbons (Fsp3) is 0.318. The number of H-pyrrole nitrogens is 1. The molecule has 0 saturated heterocycles. The van der Waals surface area contributed by atoms with E-state index in [9.17, 15) is 0 Å². The Hall–Kier alpha value is -2.75. The normalized spacial score (nSPS) is 15.9. The predicted octanol–water partition coefficient (Wildman–Crippen LogP) is 4.31. The lowest BCUT2D eigenvalue weighted by Gasteiger charge is -2.25. The quantitative estimate of drug-likeness (QED) is 0.764. The molecule has 2 heterocycles. The highest BCUT2D eigenvalue weighted by Gasteiger charge is 2.22. The van der Waals surface area contributed by atoms with Crippen molar-refractivity contribution in [3.63, 3.8) is 0 Å². The van der Waals surface area contributed by atoms with Crippen molar-refractivity contribution in [3.05, 3.63) is 76.4 Å². The zero-order chi connectivity index (χ0) is 18.1. The van der Waals surface area contributed by atoms with Crippen molar-refractivity contribution in [2.75, 3.05) is 6.61 Å². The Morgan fingerprint density at radius 2 is 1.81 bits per heavy atom. The summed E-state index contributed by atoms with van der Waals surface area (Å²) in [5.41, 5.74) is 6.38. The first kappa shape index (κ1) is 16.7. The molecule has 4 heteroatoms. The van der Waals surface area contributed by atoms with Crippen LogP contribution in [0.2, 0.25) is 0 Å². The Balaban J connectivity index is 1.44. The standard InChI is InChI=1S/C22H24N2O2/c1-14-8-15(2)19(16(3)9-14)10-17-12-23-22(24-17)11-18-13-25-20-6-4-5-7-21(20)26-18/h4-9,12,18H,10-11,13H2,1-3H3,(H,23,24). The molecule has 0 aliphatic carbocycles. The van der Waals surface area contributed by atoms with Crippen LogP contribution in [0.5, 0.6) is 11.5 Å². The zero-order valence-corrected chi connectivity index (χ0v) is 15.5. The second-order valence-electron chi connectivity index (χ2n) is 7.09. The number of para-hydroxylation sites is 2. The van der Waals surface area contributed by atoms with Crippen molar-refractivity contribution in [2.45, 2.75) is 39.7 Å². The third-order valence-corrected chi connectivity index (χ3v) is 4.87. The van der Waals surface area contributed by atoms with E-state index in [2.05, 4.69) is 37.9 Å². The van der Waals surface area contributed by atoms with Crippen LogP contribution >= 0.6 is 0 Å². The van der Waals surface area contributed by atoms with Crippen LogP contribution in [0.1, 0.15) is 33.8 Å². The number of ether oxygens (including phenoxy) is 2. The van der Waals surface area contributed by atoms with Gasteiger partial charge >= 0.3 is 0 Å². The van der Waals surface area contributed by atoms with Gasteiger partial charge in [-0.25, -0.2) is 4.98 Å². The number of aromatic nitrogens is 2. The summed E-state index contributed by atoms with van der Waals surface area (Å²) < 4.78 is 11.8. The molecule has 1 aliphatic heterocycles. The number of fused-ring (bicyclic) bond motifs is 1. The molecule has 0 saturated carbocycles. The second kappa shape index (κ2) is 6.87. The van der Waals surface area contributed by atoms with E-state index in [0.717, 1.165) is 29.4 Å². The van der Waals surface area contributed by atoms with Crippen molar-refractivity contribution in [1.29, 1.82) is 0 Å². The van der Waals surface area contributed by atoms with E-state index in [1.807, 2.05) is 30.5 Å². The molecule has 0 amide bonds. The summed E-state index contributed by atoms with van der Waals surface area (Å²) in [6, 6.07) is 12.3. The number of aryl methyl sites for hydroxylation is 3. The van der Waals surface area contributed by atoms with E-state index in [1.54, 1.807) is 0 Å². The maximum Gasteiger partial charge on any atom is 0.161 e. The Morgan fingerprint density at radius 3 is 2.58 bits per heavy atom. The van der Waals surface area contributed by atoms with Gasteiger partial charge in [-0.1, -0.05) is 29.8 Å². The fourth-order valence-electron chi connectivity index (χ4n) is 3.65. The van der Waals surface area contributed by atoms with E-state index < -0.39 is 0 Å². The van der Waals surface area contributed by atoms with Crippen LogP contribution in [0.4, 0.5) is 0 Å². The van der Waals surface area contributed by atoms with Gasteiger partial charge in [-0.05, 0) is 49.6 Å². The third kappa shape index (κ3) is 3.45. The molecule has 3 aromatic rings. The molecule has 4 rings (SSSR count). The molecule has 1 aliphatic rings. The summed E-state index contributed by atoms with van der Waals surface area (Å²) in [4.78, 5) is 8.07. The van der Waals surface area contributed by atoms with E-state index >= 15 is 0 Å². The highest BCUT2D eigenvalue weighted by Crippen LogP contribution is 2.31. The van der Waals surface area contributed by atoms with Gasteiger partial charge in [0.25, 0.3) is 0 Å². The number of hydrogen-bond donors (Lipinski definition) is 1. The minimum absolute atomic E-state index is 0.0215. The van der Waals surface area contributed by atoms with Crippen LogP contribution < -0.4 is 9.47 Å². The molecule has 2 aromatic carbocycles. The summed E-state index contributed by atoms with van der Waals surface area (Å²) in [6.07, 6.45) is 3.54. The van der Waals surface area contributed by atoms with Crippen molar-refractivity contribution in [2.24, 2.45) is 0 Å². The summed E-state index contributed by atoms with van der Waals surface area (Å²) in [7, 11) is 0. The number of nitrogens with one attached hydrogen (secondary N) is 1. The van der Waals surface area contributed by atoms with Crippen LogP contribution in [0.15, 0.2) is 42.6 Å². The van der Waals surface area contributed by atoms with Crippen LogP contribution in [0.25, 0.3) is 0 Å². The van der Waals surface area contributed by atoms with E-state index in [0.29, 0.717) is 13.0 Å². The maximum absolute atomic E-state index is 6.03. The van der Waals surface area contributed by atoms with E-state index in [1.165, 1.54) is 22.3 Å². The molecule has 1 aromatic heterocycles. The molecule has 4 nitrogen and oxygen atoms in total. The van der Waals surface area contributed by atoms with Gasteiger partial charge in [-0.15, -0.1) is 0 Å². The maximum atomic E-state index is 6.03. The Kier molecular flexibility index (Phi) is 4.41. The lowest BCUT2D eigenvalue weighted by atomic mass is 9.96. The number of hydrogen-bond acceptors (Lipinski definition) is 3. The largest absolute Gasteiger partial charge is 0.486 e. The number of rotatable bonds is 4. The monoisotopic (exact) mass is 348 g/mol. The summed E-state index contributed by atoms with van der Waals surface area (Å²) in [5, 5.41) is 0. The molecular formula is C22H24N2O2. The molecular weight excluding hydrogens is 324 g/mol. The number of nitrogens with zero attached hydrogens (tertiary/aromatic N) is 1. The van der Waals surface area contributed by atoms with Crippen LogP contribution in [0, 0.1) is 20.8 Å². The van der Waals surface area contributed by atoms with E-state index in [4.69, 9.17) is 14.5 Å². The molecule has 134 valence electrons. The summed E-state index contributed by atoms with van der Waals surface area (Å²) in [6.45, 7) is 7.03. The first-order valence-corrected chi connectivity index (χ1v) is 9.07. The van der Waals surface area contributed by atoms with Crippen LogP contribution in [-0.4, -0.2) is 22.7 Å².